The number of aromatic hydroxyl groups is 1. The van der Waals surface area contributed by atoms with Crippen molar-refractivity contribution in [1.82, 2.24) is 0 Å². The predicted molar refractivity (Wildman–Crippen MR) is 115 cm³/mol. The van der Waals surface area contributed by atoms with Gasteiger partial charge in [0.25, 0.3) is 0 Å². The second-order valence-electron chi connectivity index (χ2n) is 8.31. The van der Waals surface area contributed by atoms with Crippen molar-refractivity contribution in [1.29, 1.82) is 0 Å². The summed E-state index contributed by atoms with van der Waals surface area (Å²) in [6.45, 7) is 6.56. The third kappa shape index (κ3) is 5.44. The molecule has 2 aromatic rings. The number of hydrogen-bond donors (Lipinski definition) is 1. The van der Waals surface area contributed by atoms with Crippen LogP contribution in [0, 0.1) is 0 Å². The normalized spacial score (nSPS) is 16.2. The first kappa shape index (κ1) is 22.0. The van der Waals surface area contributed by atoms with E-state index in [0.717, 1.165) is 5.69 Å². The van der Waals surface area contributed by atoms with Crippen LogP contribution >= 0.6 is 0 Å². The molecule has 30 heavy (non-hydrogen) atoms. The van der Waals surface area contributed by atoms with Crippen molar-refractivity contribution in [2.24, 2.45) is 0 Å². The van der Waals surface area contributed by atoms with E-state index in [2.05, 4.69) is 0 Å². The van der Waals surface area contributed by atoms with Crippen LogP contribution in [0.15, 0.2) is 42.5 Å². The molecule has 1 fully saturated rings. The van der Waals surface area contributed by atoms with Crippen molar-refractivity contribution < 1.29 is 27.8 Å². The van der Waals surface area contributed by atoms with Crippen molar-refractivity contribution in [3.63, 3.8) is 0 Å². The van der Waals surface area contributed by atoms with Crippen molar-refractivity contribution >= 4 is 21.5 Å². The van der Waals surface area contributed by atoms with Gasteiger partial charge in [0.15, 0.2) is 9.84 Å². The SMILES string of the molecule is CC(C)(C)c1cc(C(=O)OCOc2ccc(N3CCS(=O)(=O)CC3)cc2)ccc1O. The van der Waals surface area contributed by atoms with Gasteiger partial charge >= 0.3 is 5.97 Å². The van der Waals surface area contributed by atoms with Crippen LogP contribution in [0.3, 0.4) is 0 Å². The molecule has 0 spiro atoms. The van der Waals surface area contributed by atoms with Crippen LogP contribution in [0.5, 0.6) is 11.5 Å². The van der Waals surface area contributed by atoms with E-state index in [-0.39, 0.29) is 29.5 Å². The van der Waals surface area contributed by atoms with Gasteiger partial charge < -0.3 is 19.5 Å². The average molecular weight is 434 g/mol. The number of carbonyl (C=O) groups excluding carboxylic acids is 1. The van der Waals surface area contributed by atoms with Crippen molar-refractivity contribution in [3.05, 3.63) is 53.6 Å². The number of benzene rings is 2. The lowest BCUT2D eigenvalue weighted by atomic mass is 9.85. The zero-order valence-electron chi connectivity index (χ0n) is 17.4. The Morgan fingerprint density at radius 3 is 2.30 bits per heavy atom. The van der Waals surface area contributed by atoms with E-state index in [0.29, 0.717) is 30.0 Å². The summed E-state index contributed by atoms with van der Waals surface area (Å²) in [5, 5.41) is 10.0. The molecule has 2 aromatic carbocycles. The molecule has 0 aliphatic carbocycles. The minimum Gasteiger partial charge on any atom is -0.508 e. The van der Waals surface area contributed by atoms with Gasteiger partial charge in [0.05, 0.1) is 17.1 Å². The van der Waals surface area contributed by atoms with Crippen molar-refractivity contribution in [2.45, 2.75) is 26.2 Å². The number of nitrogens with zero attached hydrogens (tertiary/aromatic N) is 1. The van der Waals surface area contributed by atoms with Gasteiger partial charge in [-0.3, -0.25) is 0 Å². The maximum absolute atomic E-state index is 12.3. The molecule has 0 amide bonds. The predicted octanol–water partition coefficient (Wildman–Crippen LogP) is 3.12. The van der Waals surface area contributed by atoms with Gasteiger partial charge in [0.1, 0.15) is 11.5 Å². The standard InChI is InChI=1S/C22H27NO6S/c1-22(2,3)19-14-16(4-9-20(19)24)21(25)29-15-28-18-7-5-17(6-8-18)23-10-12-30(26,27)13-11-23/h4-9,14,24H,10-13,15H2,1-3H3. The summed E-state index contributed by atoms with van der Waals surface area (Å²) < 4.78 is 33.8. The summed E-state index contributed by atoms with van der Waals surface area (Å²) in [6.07, 6.45) is 0. The van der Waals surface area contributed by atoms with Crippen LogP contribution in [0.4, 0.5) is 5.69 Å². The third-order valence-corrected chi connectivity index (χ3v) is 6.61. The van der Waals surface area contributed by atoms with Gasteiger partial charge in [-0.2, -0.15) is 0 Å². The van der Waals surface area contributed by atoms with Crippen LogP contribution < -0.4 is 9.64 Å². The van der Waals surface area contributed by atoms with E-state index in [1.54, 1.807) is 18.2 Å². The first-order valence-corrected chi connectivity index (χ1v) is 11.6. The Bertz CT molecular complexity index is 995. The van der Waals surface area contributed by atoms with E-state index in [1.165, 1.54) is 12.1 Å². The van der Waals surface area contributed by atoms with Gasteiger partial charge in [-0.15, -0.1) is 0 Å². The van der Waals surface area contributed by atoms with Gasteiger partial charge in [0.2, 0.25) is 6.79 Å². The monoisotopic (exact) mass is 433 g/mol. The summed E-state index contributed by atoms with van der Waals surface area (Å²) in [5.41, 5.74) is 1.63. The summed E-state index contributed by atoms with van der Waals surface area (Å²) in [4.78, 5) is 14.3. The van der Waals surface area contributed by atoms with Gasteiger partial charge in [-0.1, -0.05) is 20.8 Å². The van der Waals surface area contributed by atoms with Gasteiger partial charge in [-0.05, 0) is 47.9 Å². The van der Waals surface area contributed by atoms with Crippen LogP contribution in [0.1, 0.15) is 36.7 Å². The van der Waals surface area contributed by atoms with Crippen LogP contribution in [0.2, 0.25) is 0 Å². The van der Waals surface area contributed by atoms with Gasteiger partial charge in [0, 0.05) is 24.3 Å². The minimum atomic E-state index is -2.92. The average Bonchev–Trinajstić information content (AvgIpc) is 2.68. The van der Waals surface area contributed by atoms with E-state index < -0.39 is 15.8 Å². The molecule has 0 saturated carbocycles. The largest absolute Gasteiger partial charge is 0.508 e. The summed E-state index contributed by atoms with van der Waals surface area (Å²) in [7, 11) is -2.92. The summed E-state index contributed by atoms with van der Waals surface area (Å²) >= 11 is 0. The van der Waals surface area contributed by atoms with Crippen LogP contribution in [-0.2, 0) is 20.0 Å². The van der Waals surface area contributed by atoms with E-state index >= 15 is 0 Å². The Morgan fingerprint density at radius 2 is 1.70 bits per heavy atom. The number of anilines is 1. The molecular formula is C22H27NO6S. The number of hydrogen-bond acceptors (Lipinski definition) is 7. The molecule has 162 valence electrons. The molecule has 7 nitrogen and oxygen atoms in total. The highest BCUT2D eigenvalue weighted by atomic mass is 32.2. The Balaban J connectivity index is 1.54. The lowest BCUT2D eigenvalue weighted by Gasteiger charge is -2.28. The topological polar surface area (TPSA) is 93.1 Å². The number of sulfone groups is 1. The Morgan fingerprint density at radius 1 is 1.07 bits per heavy atom. The van der Waals surface area contributed by atoms with E-state index in [1.807, 2.05) is 37.8 Å². The Hall–Kier alpha value is -2.74. The zero-order valence-corrected chi connectivity index (χ0v) is 18.2. The molecule has 8 heteroatoms. The maximum atomic E-state index is 12.3. The number of carbonyl (C=O) groups is 1. The molecule has 3 rings (SSSR count). The van der Waals surface area contributed by atoms with E-state index in [9.17, 15) is 18.3 Å². The quantitative estimate of drug-likeness (QED) is 0.572. The molecule has 1 saturated heterocycles. The van der Waals surface area contributed by atoms with Gasteiger partial charge in [-0.25, -0.2) is 13.2 Å². The molecule has 1 N–H and O–H groups in total. The fraction of sp³-hybridized carbons (Fsp3) is 0.409. The molecule has 0 unspecified atom stereocenters. The molecule has 0 atom stereocenters. The molecule has 0 bridgehead atoms. The number of ether oxygens (including phenoxy) is 2. The number of phenols is 1. The highest BCUT2D eigenvalue weighted by Crippen LogP contribution is 2.31. The lowest BCUT2D eigenvalue weighted by molar-refractivity contribution is 0.0154. The molecule has 1 aliphatic rings. The maximum Gasteiger partial charge on any atom is 0.341 e. The van der Waals surface area contributed by atoms with Crippen molar-refractivity contribution in [3.8, 4) is 11.5 Å². The van der Waals surface area contributed by atoms with E-state index in [4.69, 9.17) is 9.47 Å². The first-order valence-electron chi connectivity index (χ1n) is 9.74. The molecule has 1 aliphatic heterocycles. The second kappa shape index (κ2) is 8.55. The summed E-state index contributed by atoms with van der Waals surface area (Å²) in [5.74, 6) is 0.468. The van der Waals surface area contributed by atoms with Crippen LogP contribution in [-0.4, -0.2) is 50.9 Å². The lowest BCUT2D eigenvalue weighted by Crippen LogP contribution is -2.40. The van der Waals surface area contributed by atoms with Crippen LogP contribution in [0.25, 0.3) is 0 Å². The molecule has 0 radical (unpaired) electrons. The molecular weight excluding hydrogens is 406 g/mol. The Kier molecular flexibility index (Phi) is 6.26. The third-order valence-electron chi connectivity index (χ3n) is 5.00. The molecule has 0 aromatic heterocycles. The molecule has 1 heterocycles. The minimum absolute atomic E-state index is 0.140. The highest BCUT2D eigenvalue weighted by Gasteiger charge is 2.22. The number of rotatable bonds is 5. The highest BCUT2D eigenvalue weighted by molar-refractivity contribution is 7.91. The summed E-state index contributed by atoms with van der Waals surface area (Å²) in [6, 6.07) is 11.8. The fourth-order valence-corrected chi connectivity index (χ4v) is 4.42. The first-order chi connectivity index (χ1) is 14.0. The number of esters is 1. The zero-order chi connectivity index (χ0) is 21.9. The van der Waals surface area contributed by atoms with Crippen molar-refractivity contribution in [2.75, 3.05) is 36.3 Å². The number of phenolic OH excluding ortho intramolecular Hbond substituents is 1. The fourth-order valence-electron chi connectivity index (χ4n) is 3.22. The Labute approximate surface area is 177 Å². The smallest absolute Gasteiger partial charge is 0.341 e. The second-order valence-corrected chi connectivity index (χ2v) is 10.6.